The van der Waals surface area contributed by atoms with Crippen LogP contribution in [-0.4, -0.2) is 39.6 Å². The van der Waals surface area contributed by atoms with Crippen LogP contribution in [0.25, 0.3) is 5.52 Å². The zero-order valence-corrected chi connectivity index (χ0v) is 14.7. The minimum Gasteiger partial charge on any atom is -0.338 e. The van der Waals surface area contributed by atoms with E-state index >= 15 is 0 Å². The molecule has 0 aliphatic carbocycles. The molecule has 1 fully saturated rings. The normalized spacial score (nSPS) is 16.9. The summed E-state index contributed by atoms with van der Waals surface area (Å²) in [6, 6.07) is 12.5. The number of carbonyl (C=O) groups excluding carboxylic acids is 1. The van der Waals surface area contributed by atoms with Crippen LogP contribution in [0.15, 0.2) is 42.6 Å². The average molecular weight is 361 g/mol. The van der Waals surface area contributed by atoms with Gasteiger partial charge in [0.2, 0.25) is 5.95 Å². The first-order valence-electron chi connectivity index (χ1n) is 8.81. The first-order valence-corrected chi connectivity index (χ1v) is 8.81. The van der Waals surface area contributed by atoms with E-state index in [2.05, 4.69) is 21.5 Å². The number of nitrogens with zero attached hydrogens (tertiary/aromatic N) is 5. The van der Waals surface area contributed by atoms with Crippen molar-refractivity contribution in [3.8, 4) is 6.07 Å². The lowest BCUT2D eigenvalue weighted by Gasteiger charge is -2.30. The average Bonchev–Trinajstić information content (AvgIpc) is 3.11. The highest BCUT2D eigenvalue weighted by Crippen LogP contribution is 2.19. The Kier molecular flexibility index (Phi) is 4.44. The van der Waals surface area contributed by atoms with Crippen molar-refractivity contribution in [2.45, 2.75) is 18.9 Å². The molecule has 3 N–H and O–H groups in total. The number of hydrogen-bond donors (Lipinski definition) is 2. The molecular weight excluding hydrogens is 342 g/mol. The van der Waals surface area contributed by atoms with Crippen molar-refractivity contribution in [2.75, 3.05) is 23.3 Å². The SMILES string of the molecule is N#Cc1ccccc1NC(=O)c1ccc2cnc(N3CCC[C@@H](N)C3)nn12. The Bertz CT molecular complexity index is 1040. The molecule has 1 atom stereocenters. The number of rotatable bonds is 3. The Morgan fingerprint density at radius 1 is 1.30 bits per heavy atom. The van der Waals surface area contributed by atoms with Crippen molar-refractivity contribution >= 4 is 23.1 Å². The largest absolute Gasteiger partial charge is 0.338 e. The standard InChI is InChI=1S/C19H19N7O/c20-10-13-4-1-2-6-16(13)23-18(27)17-8-7-15-11-22-19(24-26(15)17)25-9-3-5-14(21)12-25/h1-2,4,6-8,11,14H,3,5,9,12,21H2,(H,23,27)/t14-/m1/s1. The molecule has 8 heteroatoms. The minimum absolute atomic E-state index is 0.105. The number of hydrogen-bond acceptors (Lipinski definition) is 6. The maximum absolute atomic E-state index is 12.8. The van der Waals surface area contributed by atoms with Crippen molar-refractivity contribution in [3.05, 3.63) is 53.9 Å². The molecule has 27 heavy (non-hydrogen) atoms. The van der Waals surface area contributed by atoms with E-state index in [4.69, 9.17) is 5.73 Å². The van der Waals surface area contributed by atoms with Crippen LogP contribution in [0.4, 0.5) is 11.6 Å². The summed E-state index contributed by atoms with van der Waals surface area (Å²) < 4.78 is 1.58. The predicted octanol–water partition coefficient (Wildman–Crippen LogP) is 1.78. The molecular formula is C19H19N7O. The van der Waals surface area contributed by atoms with E-state index in [-0.39, 0.29) is 11.9 Å². The van der Waals surface area contributed by atoms with Crippen molar-refractivity contribution < 1.29 is 4.79 Å². The van der Waals surface area contributed by atoms with Gasteiger partial charge in [0.1, 0.15) is 11.8 Å². The number of benzene rings is 1. The fraction of sp³-hybridized carbons (Fsp3) is 0.263. The number of nitriles is 1. The van der Waals surface area contributed by atoms with Gasteiger partial charge in [0.15, 0.2) is 0 Å². The van der Waals surface area contributed by atoms with E-state index in [0.29, 0.717) is 29.4 Å². The van der Waals surface area contributed by atoms with Crippen molar-refractivity contribution in [2.24, 2.45) is 5.73 Å². The van der Waals surface area contributed by atoms with Gasteiger partial charge in [-0.15, -0.1) is 5.10 Å². The van der Waals surface area contributed by atoms with Crippen molar-refractivity contribution in [1.82, 2.24) is 14.6 Å². The van der Waals surface area contributed by atoms with Crippen LogP contribution in [0.5, 0.6) is 0 Å². The second-order valence-electron chi connectivity index (χ2n) is 6.57. The van der Waals surface area contributed by atoms with E-state index < -0.39 is 0 Å². The number of carbonyl (C=O) groups is 1. The van der Waals surface area contributed by atoms with Crippen LogP contribution in [0.2, 0.25) is 0 Å². The molecule has 8 nitrogen and oxygen atoms in total. The molecule has 136 valence electrons. The maximum Gasteiger partial charge on any atom is 0.274 e. The van der Waals surface area contributed by atoms with Gasteiger partial charge in [0.25, 0.3) is 5.91 Å². The first kappa shape index (κ1) is 17.0. The highest BCUT2D eigenvalue weighted by atomic mass is 16.2. The zero-order chi connectivity index (χ0) is 18.8. The number of para-hydroxylation sites is 1. The Hall–Kier alpha value is -3.44. The summed E-state index contributed by atoms with van der Waals surface area (Å²) >= 11 is 0. The van der Waals surface area contributed by atoms with Gasteiger partial charge in [-0.2, -0.15) is 5.26 Å². The molecule has 0 spiro atoms. The van der Waals surface area contributed by atoms with Gasteiger partial charge in [-0.3, -0.25) is 4.79 Å². The van der Waals surface area contributed by atoms with Crippen LogP contribution < -0.4 is 16.0 Å². The summed E-state index contributed by atoms with van der Waals surface area (Å²) in [7, 11) is 0. The fourth-order valence-corrected chi connectivity index (χ4v) is 3.28. The molecule has 1 saturated heterocycles. The van der Waals surface area contributed by atoms with Gasteiger partial charge in [0, 0.05) is 19.1 Å². The molecule has 3 heterocycles. The smallest absolute Gasteiger partial charge is 0.274 e. The summed E-state index contributed by atoms with van der Waals surface area (Å²) in [5.74, 6) is 0.220. The highest BCUT2D eigenvalue weighted by Gasteiger charge is 2.21. The summed E-state index contributed by atoms with van der Waals surface area (Å²) in [5.41, 5.74) is 8.03. The number of fused-ring (bicyclic) bond motifs is 1. The van der Waals surface area contributed by atoms with Crippen LogP contribution >= 0.6 is 0 Å². The Balaban J connectivity index is 1.64. The molecule has 0 saturated carbocycles. The monoisotopic (exact) mass is 361 g/mol. The van der Waals surface area contributed by atoms with Gasteiger partial charge in [-0.05, 0) is 37.1 Å². The molecule has 1 aromatic carbocycles. The minimum atomic E-state index is -0.335. The number of aromatic nitrogens is 3. The van der Waals surface area contributed by atoms with Gasteiger partial charge in [-0.1, -0.05) is 12.1 Å². The van der Waals surface area contributed by atoms with E-state index in [0.717, 1.165) is 24.9 Å². The molecule has 1 aliphatic rings. The predicted molar refractivity (Wildman–Crippen MR) is 102 cm³/mol. The molecule has 0 bridgehead atoms. The molecule has 3 aromatic rings. The second-order valence-corrected chi connectivity index (χ2v) is 6.57. The van der Waals surface area contributed by atoms with E-state index in [9.17, 15) is 10.1 Å². The van der Waals surface area contributed by atoms with Crippen molar-refractivity contribution in [3.63, 3.8) is 0 Å². The van der Waals surface area contributed by atoms with Gasteiger partial charge < -0.3 is 16.0 Å². The van der Waals surface area contributed by atoms with Gasteiger partial charge >= 0.3 is 0 Å². The van der Waals surface area contributed by atoms with Gasteiger partial charge in [-0.25, -0.2) is 9.50 Å². The Morgan fingerprint density at radius 3 is 2.96 bits per heavy atom. The van der Waals surface area contributed by atoms with E-state index in [1.807, 2.05) is 4.90 Å². The Labute approximate surface area is 156 Å². The van der Waals surface area contributed by atoms with Crippen LogP contribution in [0, 0.1) is 11.3 Å². The number of amides is 1. The van der Waals surface area contributed by atoms with E-state index in [1.54, 1.807) is 47.1 Å². The lowest BCUT2D eigenvalue weighted by Crippen LogP contribution is -2.43. The van der Waals surface area contributed by atoms with Crippen LogP contribution in [-0.2, 0) is 0 Å². The maximum atomic E-state index is 12.8. The third kappa shape index (κ3) is 3.32. The lowest BCUT2D eigenvalue weighted by atomic mass is 10.1. The molecule has 4 rings (SSSR count). The van der Waals surface area contributed by atoms with Crippen LogP contribution in [0.3, 0.4) is 0 Å². The van der Waals surface area contributed by atoms with E-state index in [1.165, 1.54) is 0 Å². The fourth-order valence-electron chi connectivity index (χ4n) is 3.28. The third-order valence-electron chi connectivity index (χ3n) is 4.66. The Morgan fingerprint density at radius 2 is 2.15 bits per heavy atom. The summed E-state index contributed by atoms with van der Waals surface area (Å²) in [5, 5.41) is 16.5. The molecule has 1 aliphatic heterocycles. The number of anilines is 2. The van der Waals surface area contributed by atoms with Gasteiger partial charge in [0.05, 0.1) is 23.0 Å². The number of nitrogens with one attached hydrogen (secondary N) is 1. The highest BCUT2D eigenvalue weighted by molar-refractivity contribution is 6.04. The quantitative estimate of drug-likeness (QED) is 0.735. The number of nitrogens with two attached hydrogens (primary N) is 1. The number of piperidine rings is 1. The zero-order valence-electron chi connectivity index (χ0n) is 14.7. The van der Waals surface area contributed by atoms with Crippen LogP contribution in [0.1, 0.15) is 28.9 Å². The van der Waals surface area contributed by atoms with Crippen molar-refractivity contribution in [1.29, 1.82) is 5.26 Å². The second kappa shape index (κ2) is 7.05. The molecule has 2 aromatic heterocycles. The topological polar surface area (TPSA) is 112 Å². The first-order chi connectivity index (χ1) is 13.2. The molecule has 0 unspecified atom stereocenters. The molecule has 0 radical (unpaired) electrons. The summed E-state index contributed by atoms with van der Waals surface area (Å²) in [6.07, 6.45) is 3.68. The third-order valence-corrected chi connectivity index (χ3v) is 4.66. The molecule has 1 amide bonds. The summed E-state index contributed by atoms with van der Waals surface area (Å²) in [4.78, 5) is 19.2. The summed E-state index contributed by atoms with van der Waals surface area (Å²) in [6.45, 7) is 1.54. The lowest BCUT2D eigenvalue weighted by molar-refractivity contribution is 0.102.